The van der Waals surface area contributed by atoms with E-state index in [0.717, 1.165) is 0 Å². The molecule has 0 spiro atoms. The molecule has 4 nitrogen and oxygen atoms in total. The molecule has 1 aromatic heterocycles. The van der Waals surface area contributed by atoms with Gasteiger partial charge in [0, 0.05) is 22.9 Å². The van der Waals surface area contributed by atoms with Crippen molar-refractivity contribution in [3.8, 4) is 17.5 Å². The van der Waals surface area contributed by atoms with Gasteiger partial charge < -0.3 is 4.52 Å². The second-order valence-electron chi connectivity index (χ2n) is 4.34. The van der Waals surface area contributed by atoms with Gasteiger partial charge in [0.05, 0.1) is 6.07 Å². The van der Waals surface area contributed by atoms with Crippen LogP contribution in [0.25, 0.3) is 11.4 Å². The molecule has 1 aromatic carbocycles. The minimum atomic E-state index is -0.367. The topological polar surface area (TPSA) is 62.7 Å². The molecular weight excluding hydrogens is 313 g/mol. The van der Waals surface area contributed by atoms with E-state index in [1.807, 2.05) is 6.92 Å². The fourth-order valence-corrected chi connectivity index (χ4v) is 2.13. The Kier molecular flexibility index (Phi) is 4.27. The van der Waals surface area contributed by atoms with E-state index in [1.165, 1.54) is 12.1 Å². The zero-order chi connectivity index (χ0) is 13.8. The van der Waals surface area contributed by atoms with Crippen LogP contribution in [0.5, 0.6) is 0 Å². The first-order valence-corrected chi connectivity index (χ1v) is 6.54. The average molecular weight is 324 g/mol. The Balaban J connectivity index is 2.19. The highest BCUT2D eigenvalue weighted by Crippen LogP contribution is 2.23. The molecule has 0 saturated carbocycles. The Bertz CT molecular complexity index is 600. The number of nitrogens with zero attached hydrogens (tertiary/aromatic N) is 3. The standard InChI is InChI=1S/C13H11BrFN3O/c1-8(2-3-16)4-12-17-13(18-19-12)9-5-10(14)7-11(15)6-9/h5-8H,2,4H2,1H3. The maximum absolute atomic E-state index is 13.3. The molecular formula is C13H11BrFN3O. The minimum absolute atomic E-state index is 0.151. The normalized spacial score (nSPS) is 12.1. The van der Waals surface area contributed by atoms with Gasteiger partial charge in [-0.05, 0) is 24.1 Å². The predicted octanol–water partition coefficient (Wildman–Crippen LogP) is 3.73. The van der Waals surface area contributed by atoms with E-state index in [2.05, 4.69) is 32.1 Å². The maximum Gasteiger partial charge on any atom is 0.227 e. The molecule has 2 aromatic rings. The first-order chi connectivity index (χ1) is 9.08. The highest BCUT2D eigenvalue weighted by atomic mass is 79.9. The van der Waals surface area contributed by atoms with Crippen molar-refractivity contribution >= 4 is 15.9 Å². The van der Waals surface area contributed by atoms with Crippen molar-refractivity contribution in [1.82, 2.24) is 10.1 Å². The van der Waals surface area contributed by atoms with Crippen LogP contribution >= 0.6 is 15.9 Å². The quantitative estimate of drug-likeness (QED) is 0.860. The second-order valence-corrected chi connectivity index (χ2v) is 5.26. The predicted molar refractivity (Wildman–Crippen MR) is 70.5 cm³/mol. The summed E-state index contributed by atoms with van der Waals surface area (Å²) >= 11 is 3.22. The lowest BCUT2D eigenvalue weighted by Crippen LogP contribution is -1.98. The summed E-state index contributed by atoms with van der Waals surface area (Å²) in [5, 5.41) is 12.4. The van der Waals surface area contributed by atoms with Gasteiger partial charge in [-0.15, -0.1) is 0 Å². The number of hydrogen-bond donors (Lipinski definition) is 0. The lowest BCUT2D eigenvalue weighted by molar-refractivity contribution is 0.359. The molecule has 98 valence electrons. The number of nitriles is 1. The molecule has 0 bridgehead atoms. The third-order valence-corrected chi connectivity index (χ3v) is 3.01. The second kappa shape index (κ2) is 5.93. The molecule has 1 atom stereocenters. The van der Waals surface area contributed by atoms with E-state index in [4.69, 9.17) is 9.78 Å². The van der Waals surface area contributed by atoms with Gasteiger partial charge in [-0.2, -0.15) is 10.2 Å². The Labute approximate surface area is 118 Å². The molecule has 19 heavy (non-hydrogen) atoms. The zero-order valence-corrected chi connectivity index (χ0v) is 11.8. The largest absolute Gasteiger partial charge is 0.339 e. The van der Waals surface area contributed by atoms with Crippen LogP contribution in [0.15, 0.2) is 27.2 Å². The maximum atomic E-state index is 13.3. The van der Waals surface area contributed by atoms with Crippen molar-refractivity contribution in [1.29, 1.82) is 5.26 Å². The van der Waals surface area contributed by atoms with Crippen molar-refractivity contribution in [2.45, 2.75) is 19.8 Å². The van der Waals surface area contributed by atoms with Crippen LogP contribution in [-0.2, 0) is 6.42 Å². The van der Waals surface area contributed by atoms with Gasteiger partial charge in [0.2, 0.25) is 11.7 Å². The van der Waals surface area contributed by atoms with Crippen LogP contribution in [0.2, 0.25) is 0 Å². The van der Waals surface area contributed by atoms with Gasteiger partial charge in [-0.3, -0.25) is 0 Å². The Morgan fingerprint density at radius 3 is 2.95 bits per heavy atom. The molecule has 0 radical (unpaired) electrons. The summed E-state index contributed by atoms with van der Waals surface area (Å²) in [6.07, 6.45) is 0.972. The molecule has 1 heterocycles. The van der Waals surface area contributed by atoms with E-state index in [1.54, 1.807) is 6.07 Å². The highest BCUT2D eigenvalue weighted by molar-refractivity contribution is 9.10. The van der Waals surface area contributed by atoms with Crippen LogP contribution in [0.1, 0.15) is 19.2 Å². The van der Waals surface area contributed by atoms with Crippen LogP contribution in [0, 0.1) is 23.1 Å². The van der Waals surface area contributed by atoms with Crippen LogP contribution in [-0.4, -0.2) is 10.1 Å². The summed E-state index contributed by atoms with van der Waals surface area (Å²) in [5.41, 5.74) is 0.551. The zero-order valence-electron chi connectivity index (χ0n) is 10.2. The molecule has 0 N–H and O–H groups in total. The highest BCUT2D eigenvalue weighted by Gasteiger charge is 2.13. The van der Waals surface area contributed by atoms with E-state index in [0.29, 0.717) is 34.6 Å². The molecule has 2 rings (SSSR count). The van der Waals surface area contributed by atoms with Crippen molar-refractivity contribution in [3.63, 3.8) is 0 Å². The number of benzene rings is 1. The fourth-order valence-electron chi connectivity index (χ4n) is 1.66. The third kappa shape index (κ3) is 3.61. The number of rotatable bonds is 4. The van der Waals surface area contributed by atoms with Gasteiger partial charge in [0.15, 0.2) is 0 Å². The summed E-state index contributed by atoms with van der Waals surface area (Å²) in [4.78, 5) is 4.21. The fraction of sp³-hybridized carbons (Fsp3) is 0.308. The van der Waals surface area contributed by atoms with Crippen molar-refractivity contribution in [3.05, 3.63) is 34.4 Å². The average Bonchev–Trinajstić information content (AvgIpc) is 2.76. The van der Waals surface area contributed by atoms with E-state index < -0.39 is 0 Å². The van der Waals surface area contributed by atoms with Gasteiger partial charge in [0.25, 0.3) is 0 Å². The summed E-state index contributed by atoms with van der Waals surface area (Å²) < 4.78 is 19.0. The first-order valence-electron chi connectivity index (χ1n) is 5.74. The molecule has 0 fully saturated rings. The first kappa shape index (κ1) is 13.7. The monoisotopic (exact) mass is 323 g/mol. The van der Waals surface area contributed by atoms with E-state index in [-0.39, 0.29) is 11.7 Å². The van der Waals surface area contributed by atoms with Crippen molar-refractivity contribution in [2.24, 2.45) is 5.92 Å². The van der Waals surface area contributed by atoms with Gasteiger partial charge >= 0.3 is 0 Å². The lowest BCUT2D eigenvalue weighted by atomic mass is 10.1. The molecule has 0 amide bonds. The van der Waals surface area contributed by atoms with Gasteiger partial charge in [-0.1, -0.05) is 28.0 Å². The van der Waals surface area contributed by atoms with E-state index >= 15 is 0 Å². The number of halogens is 2. The van der Waals surface area contributed by atoms with Crippen molar-refractivity contribution < 1.29 is 8.91 Å². The van der Waals surface area contributed by atoms with Gasteiger partial charge in [-0.25, -0.2) is 4.39 Å². The number of aromatic nitrogens is 2. The van der Waals surface area contributed by atoms with Crippen LogP contribution in [0.4, 0.5) is 4.39 Å². The van der Waals surface area contributed by atoms with Crippen LogP contribution in [0.3, 0.4) is 0 Å². The summed E-state index contributed by atoms with van der Waals surface area (Å²) in [5.74, 6) is 0.587. The third-order valence-electron chi connectivity index (χ3n) is 2.55. The molecule has 0 aliphatic rings. The Morgan fingerprint density at radius 1 is 1.47 bits per heavy atom. The Morgan fingerprint density at radius 2 is 2.26 bits per heavy atom. The summed E-state index contributed by atoms with van der Waals surface area (Å²) in [6.45, 7) is 1.94. The summed E-state index contributed by atoms with van der Waals surface area (Å²) in [7, 11) is 0. The van der Waals surface area contributed by atoms with Crippen molar-refractivity contribution in [2.75, 3.05) is 0 Å². The molecule has 6 heteroatoms. The number of hydrogen-bond acceptors (Lipinski definition) is 4. The SMILES string of the molecule is CC(CC#N)Cc1nc(-c2cc(F)cc(Br)c2)no1. The molecule has 1 unspecified atom stereocenters. The Hall–Kier alpha value is -1.74. The lowest BCUT2D eigenvalue weighted by Gasteiger charge is -2.00. The molecule has 0 aliphatic carbocycles. The van der Waals surface area contributed by atoms with Gasteiger partial charge in [0.1, 0.15) is 5.82 Å². The minimum Gasteiger partial charge on any atom is -0.339 e. The smallest absolute Gasteiger partial charge is 0.227 e. The molecule has 0 saturated heterocycles. The molecule has 0 aliphatic heterocycles. The van der Waals surface area contributed by atoms with Crippen LogP contribution < -0.4 is 0 Å². The summed E-state index contributed by atoms with van der Waals surface area (Å²) in [6, 6.07) is 6.52. The van der Waals surface area contributed by atoms with E-state index in [9.17, 15) is 4.39 Å².